The molecule has 2 atom stereocenters. The number of hydrogen-bond acceptors (Lipinski definition) is 4. The molecule has 1 fully saturated rings. The van der Waals surface area contributed by atoms with Crippen LogP contribution in [-0.2, 0) is 10.3 Å². The average molecular weight is 337 g/mol. The summed E-state index contributed by atoms with van der Waals surface area (Å²) in [4.78, 5) is 22.9. The number of pyridine rings is 1. The number of guanidine groups is 1. The molecule has 1 aliphatic heterocycles. The normalized spacial score (nSPS) is 30.4. The zero-order valence-corrected chi connectivity index (χ0v) is 13.1. The highest BCUT2D eigenvalue weighted by Crippen LogP contribution is 2.50. The first-order valence-corrected chi connectivity index (χ1v) is 7.47. The van der Waals surface area contributed by atoms with E-state index in [0.29, 0.717) is 5.92 Å². The van der Waals surface area contributed by atoms with E-state index in [2.05, 4.69) is 25.9 Å². The number of aliphatic imine (C=N–C) groups is 1. The molecule has 0 aromatic carbocycles. The summed E-state index contributed by atoms with van der Waals surface area (Å²) in [5.41, 5.74) is 6.29. The van der Waals surface area contributed by atoms with E-state index in [4.69, 9.17) is 5.73 Å². The number of rotatable bonds is 2. The van der Waals surface area contributed by atoms with Gasteiger partial charge in [0.25, 0.3) is 0 Å². The maximum Gasteiger partial charge on any atom is 0.235 e. The molecule has 106 valence electrons. The van der Waals surface area contributed by atoms with Crippen molar-refractivity contribution in [2.24, 2.45) is 22.6 Å². The second-order valence-corrected chi connectivity index (χ2v) is 6.51. The first-order valence-electron chi connectivity index (χ1n) is 6.68. The second kappa shape index (κ2) is 4.55. The number of carbonyl (C=O) groups excluding carboxylic acids is 1. The fourth-order valence-corrected chi connectivity index (χ4v) is 3.36. The Labute approximate surface area is 126 Å². The molecular formula is C14H17BrN4O. The Kier molecular flexibility index (Phi) is 3.08. The van der Waals surface area contributed by atoms with Crippen molar-refractivity contribution in [3.63, 3.8) is 0 Å². The maximum absolute atomic E-state index is 12.6. The third-order valence-corrected chi connectivity index (χ3v) is 4.73. The number of amides is 1. The van der Waals surface area contributed by atoms with E-state index < -0.39 is 5.54 Å². The zero-order valence-electron chi connectivity index (χ0n) is 11.5. The summed E-state index contributed by atoms with van der Waals surface area (Å²) in [7, 11) is 1.69. The lowest BCUT2D eigenvalue weighted by atomic mass is 9.75. The highest BCUT2D eigenvalue weighted by molar-refractivity contribution is 9.10. The van der Waals surface area contributed by atoms with Crippen molar-refractivity contribution >= 4 is 27.8 Å². The molecule has 0 bridgehead atoms. The van der Waals surface area contributed by atoms with Crippen LogP contribution < -0.4 is 5.73 Å². The lowest BCUT2D eigenvalue weighted by Crippen LogP contribution is -2.54. The smallest absolute Gasteiger partial charge is 0.235 e. The van der Waals surface area contributed by atoms with Crippen LogP contribution in [-0.4, -0.2) is 28.8 Å². The van der Waals surface area contributed by atoms with Gasteiger partial charge in [-0.3, -0.25) is 9.69 Å². The van der Waals surface area contributed by atoms with Crippen LogP contribution in [0.15, 0.2) is 27.9 Å². The molecule has 1 aromatic heterocycles. The molecule has 1 amide bonds. The molecule has 2 aliphatic rings. The molecule has 6 heteroatoms. The molecule has 2 N–H and O–H groups in total. The van der Waals surface area contributed by atoms with Crippen molar-refractivity contribution in [3.8, 4) is 0 Å². The Bertz CT molecular complexity index is 599. The third kappa shape index (κ3) is 2.02. The van der Waals surface area contributed by atoms with Crippen LogP contribution in [0.3, 0.4) is 0 Å². The predicted octanol–water partition coefficient (Wildman–Crippen LogP) is 1.87. The van der Waals surface area contributed by atoms with Crippen LogP contribution in [0.5, 0.6) is 0 Å². The summed E-state index contributed by atoms with van der Waals surface area (Å²) in [6.45, 7) is 2.00. The first-order chi connectivity index (χ1) is 9.43. The minimum atomic E-state index is -0.611. The van der Waals surface area contributed by atoms with Crippen molar-refractivity contribution < 1.29 is 4.79 Å². The van der Waals surface area contributed by atoms with Crippen LogP contribution in [0.2, 0.25) is 0 Å². The number of halogens is 1. The highest BCUT2D eigenvalue weighted by atomic mass is 79.9. The van der Waals surface area contributed by atoms with Gasteiger partial charge in [0.15, 0.2) is 5.96 Å². The molecule has 1 aliphatic carbocycles. The average Bonchev–Trinajstić information content (AvgIpc) is 3.21. The number of aromatic nitrogens is 1. The Balaban J connectivity index is 2.14. The summed E-state index contributed by atoms with van der Waals surface area (Å²) < 4.78 is 0.742. The Morgan fingerprint density at radius 1 is 1.50 bits per heavy atom. The molecule has 0 saturated heterocycles. The van der Waals surface area contributed by atoms with Gasteiger partial charge in [-0.25, -0.2) is 9.98 Å². The standard InChI is InChI=1S/C14H17BrN4O/c1-14(9-5-6-17-10(15)7-9)11(8-3-4-8)12(20)19(2)13(16)18-14/h5-8,11H,3-4H2,1-2H3,(H2,16,18)/t11-,14+/m0/s1. The van der Waals surface area contributed by atoms with Gasteiger partial charge in [-0.1, -0.05) is 0 Å². The number of carbonyl (C=O) groups is 1. The molecule has 1 saturated carbocycles. The van der Waals surface area contributed by atoms with Crippen LogP contribution in [0.25, 0.3) is 0 Å². The summed E-state index contributed by atoms with van der Waals surface area (Å²) in [6.07, 6.45) is 3.90. The second-order valence-electron chi connectivity index (χ2n) is 5.70. The summed E-state index contributed by atoms with van der Waals surface area (Å²) in [6, 6.07) is 3.83. The monoisotopic (exact) mass is 336 g/mol. The van der Waals surface area contributed by atoms with E-state index in [1.165, 1.54) is 4.90 Å². The molecule has 0 unspecified atom stereocenters. The van der Waals surface area contributed by atoms with Crippen molar-refractivity contribution in [1.82, 2.24) is 9.88 Å². The van der Waals surface area contributed by atoms with Gasteiger partial charge in [0.05, 0.1) is 11.5 Å². The van der Waals surface area contributed by atoms with Crippen molar-refractivity contribution in [3.05, 3.63) is 28.5 Å². The zero-order chi connectivity index (χ0) is 14.5. The van der Waals surface area contributed by atoms with E-state index in [9.17, 15) is 4.79 Å². The van der Waals surface area contributed by atoms with Gasteiger partial charge < -0.3 is 5.73 Å². The van der Waals surface area contributed by atoms with Crippen LogP contribution >= 0.6 is 15.9 Å². The number of nitrogens with zero attached hydrogens (tertiary/aromatic N) is 3. The van der Waals surface area contributed by atoms with E-state index >= 15 is 0 Å². The maximum atomic E-state index is 12.6. The largest absolute Gasteiger partial charge is 0.369 e. The van der Waals surface area contributed by atoms with Gasteiger partial charge in [-0.05, 0) is 59.3 Å². The fourth-order valence-electron chi connectivity index (χ4n) is 3.00. The minimum Gasteiger partial charge on any atom is -0.369 e. The van der Waals surface area contributed by atoms with Gasteiger partial charge >= 0.3 is 0 Å². The molecule has 5 nitrogen and oxygen atoms in total. The Morgan fingerprint density at radius 2 is 2.20 bits per heavy atom. The third-order valence-electron chi connectivity index (χ3n) is 4.30. The summed E-state index contributed by atoms with van der Waals surface area (Å²) in [5, 5.41) is 0. The summed E-state index contributed by atoms with van der Waals surface area (Å²) >= 11 is 3.38. The van der Waals surface area contributed by atoms with Crippen LogP contribution in [0, 0.1) is 11.8 Å². The molecule has 0 radical (unpaired) electrons. The Morgan fingerprint density at radius 3 is 2.80 bits per heavy atom. The number of nitrogens with two attached hydrogens (primary N) is 1. The molecular weight excluding hydrogens is 320 g/mol. The van der Waals surface area contributed by atoms with E-state index in [1.807, 2.05) is 19.1 Å². The molecule has 20 heavy (non-hydrogen) atoms. The first kappa shape index (κ1) is 13.5. The van der Waals surface area contributed by atoms with Gasteiger partial charge in [0.2, 0.25) is 5.91 Å². The van der Waals surface area contributed by atoms with E-state index in [-0.39, 0.29) is 17.8 Å². The van der Waals surface area contributed by atoms with Gasteiger partial charge in [0, 0.05) is 13.2 Å². The lowest BCUT2D eigenvalue weighted by Gasteiger charge is -2.40. The molecule has 0 spiro atoms. The fraction of sp³-hybridized carbons (Fsp3) is 0.500. The lowest BCUT2D eigenvalue weighted by molar-refractivity contribution is -0.135. The summed E-state index contributed by atoms with van der Waals surface area (Å²) in [5.74, 6) is 0.602. The van der Waals surface area contributed by atoms with E-state index in [0.717, 1.165) is 23.0 Å². The minimum absolute atomic E-state index is 0.0652. The SMILES string of the molecule is CN1C(=O)[C@H](C2CC2)[C@@](C)(c2ccnc(Br)c2)N=C1N. The molecule has 3 rings (SSSR count). The predicted molar refractivity (Wildman–Crippen MR) is 79.9 cm³/mol. The van der Waals surface area contributed by atoms with Crippen LogP contribution in [0.4, 0.5) is 0 Å². The quantitative estimate of drug-likeness (QED) is 0.838. The van der Waals surface area contributed by atoms with Gasteiger partial charge in [-0.15, -0.1) is 0 Å². The van der Waals surface area contributed by atoms with Crippen molar-refractivity contribution in [1.29, 1.82) is 0 Å². The van der Waals surface area contributed by atoms with Crippen LogP contribution in [0.1, 0.15) is 25.3 Å². The highest BCUT2D eigenvalue weighted by Gasteiger charge is 2.53. The van der Waals surface area contributed by atoms with Crippen molar-refractivity contribution in [2.75, 3.05) is 7.05 Å². The number of hydrogen-bond donors (Lipinski definition) is 1. The Hall–Kier alpha value is -1.43. The van der Waals surface area contributed by atoms with E-state index in [1.54, 1.807) is 13.2 Å². The van der Waals surface area contributed by atoms with Gasteiger partial charge in [-0.2, -0.15) is 0 Å². The topological polar surface area (TPSA) is 71.6 Å². The molecule has 2 heterocycles. The van der Waals surface area contributed by atoms with Gasteiger partial charge in [0.1, 0.15) is 4.60 Å². The molecule has 1 aromatic rings. The van der Waals surface area contributed by atoms with Crippen molar-refractivity contribution in [2.45, 2.75) is 25.3 Å².